The van der Waals surface area contributed by atoms with Gasteiger partial charge in [-0.25, -0.2) is 11.4 Å². The number of amides is 1. The van der Waals surface area contributed by atoms with Crippen molar-refractivity contribution in [3.63, 3.8) is 0 Å². The molecule has 142 valence electrons. The van der Waals surface area contributed by atoms with Gasteiger partial charge in [0.25, 0.3) is 5.54 Å². The fraction of sp³-hybridized carbons (Fsp3) is 0.571. The lowest BCUT2D eigenvalue weighted by molar-refractivity contribution is 0.110. The third-order valence-electron chi connectivity index (χ3n) is 5.80. The first-order chi connectivity index (χ1) is 13.2. The van der Waals surface area contributed by atoms with Crippen molar-refractivity contribution >= 4 is 6.09 Å². The molecule has 1 aromatic rings. The van der Waals surface area contributed by atoms with Crippen molar-refractivity contribution in [1.29, 1.82) is 0 Å². The first-order valence-electron chi connectivity index (χ1n) is 9.57. The van der Waals surface area contributed by atoms with Crippen LogP contribution in [0.1, 0.15) is 37.7 Å². The molecule has 3 rings (SSSR count). The van der Waals surface area contributed by atoms with Gasteiger partial charge in [0.1, 0.15) is 0 Å². The van der Waals surface area contributed by atoms with Gasteiger partial charge < -0.3 is 14.5 Å². The first kappa shape index (κ1) is 19.2. The van der Waals surface area contributed by atoms with Crippen molar-refractivity contribution in [3.8, 4) is 12.3 Å². The predicted molar refractivity (Wildman–Crippen MR) is 103 cm³/mol. The van der Waals surface area contributed by atoms with Crippen molar-refractivity contribution < 1.29 is 9.53 Å². The van der Waals surface area contributed by atoms with Gasteiger partial charge in [-0.1, -0.05) is 5.92 Å². The summed E-state index contributed by atoms with van der Waals surface area (Å²) < 4.78 is 5.05. The van der Waals surface area contributed by atoms with E-state index in [1.54, 1.807) is 17.3 Å². The van der Waals surface area contributed by atoms with E-state index in [0.29, 0.717) is 19.1 Å². The highest BCUT2D eigenvalue weighted by molar-refractivity contribution is 5.67. The number of rotatable bonds is 3. The molecule has 0 aromatic carbocycles. The number of ether oxygens (including phenoxy) is 1. The lowest BCUT2D eigenvalue weighted by Gasteiger charge is -2.37. The molecule has 1 aliphatic heterocycles. The smallest absolute Gasteiger partial charge is 0.410 e. The third kappa shape index (κ3) is 4.40. The van der Waals surface area contributed by atoms with Gasteiger partial charge >= 0.3 is 6.09 Å². The molecule has 0 spiro atoms. The normalized spacial score (nSPS) is 26.4. The van der Waals surface area contributed by atoms with Crippen LogP contribution in [0.4, 0.5) is 4.79 Å². The van der Waals surface area contributed by atoms with Gasteiger partial charge in [0, 0.05) is 63.0 Å². The van der Waals surface area contributed by atoms with Gasteiger partial charge in [-0.05, 0) is 31.4 Å². The van der Waals surface area contributed by atoms with Gasteiger partial charge in [0.15, 0.2) is 6.61 Å². The van der Waals surface area contributed by atoms with E-state index in [1.807, 2.05) is 12.1 Å². The highest BCUT2D eigenvalue weighted by Gasteiger charge is 2.44. The van der Waals surface area contributed by atoms with Crippen LogP contribution < -0.4 is 0 Å². The number of nitrogens with zero attached hydrogens (tertiary/aromatic N) is 4. The number of hydrogen-bond donors (Lipinski definition) is 0. The molecular weight excluding hydrogens is 340 g/mol. The van der Waals surface area contributed by atoms with E-state index < -0.39 is 5.54 Å². The van der Waals surface area contributed by atoms with Crippen LogP contribution in [-0.2, 0) is 10.3 Å². The molecule has 1 aliphatic carbocycles. The maximum atomic E-state index is 12.0. The van der Waals surface area contributed by atoms with Gasteiger partial charge in [0.2, 0.25) is 0 Å². The molecule has 1 amide bonds. The second kappa shape index (κ2) is 8.88. The molecular formula is C21H26N4O2. The molecule has 6 nitrogen and oxygen atoms in total. The summed E-state index contributed by atoms with van der Waals surface area (Å²) in [7, 11) is 0. The summed E-state index contributed by atoms with van der Waals surface area (Å²) in [5.74, 6) is 2.33. The number of aromatic nitrogens is 1. The molecule has 2 fully saturated rings. The molecule has 6 heteroatoms. The quantitative estimate of drug-likeness (QED) is 0.610. The monoisotopic (exact) mass is 366 g/mol. The maximum Gasteiger partial charge on any atom is 0.410 e. The van der Waals surface area contributed by atoms with Crippen LogP contribution in [-0.4, -0.2) is 59.7 Å². The predicted octanol–water partition coefficient (Wildman–Crippen LogP) is 2.92. The Labute approximate surface area is 161 Å². The van der Waals surface area contributed by atoms with E-state index in [9.17, 15) is 4.79 Å². The summed E-state index contributed by atoms with van der Waals surface area (Å²) in [6.07, 6.45) is 13.1. The molecule has 0 unspecified atom stereocenters. The van der Waals surface area contributed by atoms with E-state index in [2.05, 4.69) is 20.6 Å². The fourth-order valence-electron chi connectivity index (χ4n) is 4.25. The Morgan fingerprint density at radius 3 is 2.70 bits per heavy atom. The summed E-state index contributed by atoms with van der Waals surface area (Å²) in [4.78, 5) is 24.4. The van der Waals surface area contributed by atoms with Crippen LogP contribution in [0.3, 0.4) is 0 Å². The second-order valence-electron chi connectivity index (χ2n) is 7.25. The Bertz CT molecular complexity index is 714. The summed E-state index contributed by atoms with van der Waals surface area (Å²) >= 11 is 0. The van der Waals surface area contributed by atoms with Crippen molar-refractivity contribution in [2.45, 2.75) is 43.7 Å². The zero-order valence-corrected chi connectivity index (χ0v) is 15.6. The summed E-state index contributed by atoms with van der Waals surface area (Å²) in [5.41, 5.74) is 0.681. The SMILES string of the molecule is [C-]#[N+]C1(c2ccncc2)CCC(N2CCCN(C(=O)OCC#C)CC2)CC1. The number of carbonyl (C=O) groups is 1. The van der Waals surface area contributed by atoms with Gasteiger partial charge in [-0.15, -0.1) is 6.42 Å². The average molecular weight is 366 g/mol. The topological polar surface area (TPSA) is 50.0 Å². The lowest BCUT2D eigenvalue weighted by atomic mass is 9.75. The highest BCUT2D eigenvalue weighted by Crippen LogP contribution is 2.42. The van der Waals surface area contributed by atoms with E-state index >= 15 is 0 Å². The number of hydrogen-bond acceptors (Lipinski definition) is 4. The number of terminal acetylenes is 1. The molecule has 1 saturated heterocycles. The standard InChI is InChI=1S/C21H26N4O2/c1-3-17-27-20(26)25-14-4-13-24(15-16-25)19-5-9-21(22-2,10-6-19)18-7-11-23-12-8-18/h1,7-8,11-12,19H,4-6,9-10,13-17H2. The molecule has 2 aliphatic rings. The Morgan fingerprint density at radius 2 is 2.04 bits per heavy atom. The Balaban J connectivity index is 1.56. The zero-order chi connectivity index (χ0) is 19.1. The van der Waals surface area contributed by atoms with Crippen LogP contribution in [0.25, 0.3) is 4.85 Å². The summed E-state index contributed by atoms with van der Waals surface area (Å²) in [5, 5.41) is 0. The van der Waals surface area contributed by atoms with Gasteiger partial charge in [-0.3, -0.25) is 9.88 Å². The minimum absolute atomic E-state index is 0.0232. The van der Waals surface area contributed by atoms with E-state index in [1.165, 1.54) is 0 Å². The van der Waals surface area contributed by atoms with Crippen molar-refractivity contribution in [2.24, 2.45) is 0 Å². The van der Waals surface area contributed by atoms with Crippen LogP contribution in [0.5, 0.6) is 0 Å². The Morgan fingerprint density at radius 1 is 1.30 bits per heavy atom. The maximum absolute atomic E-state index is 12.0. The van der Waals surface area contributed by atoms with Crippen molar-refractivity contribution in [3.05, 3.63) is 41.5 Å². The Kier molecular flexibility index (Phi) is 6.32. The lowest BCUT2D eigenvalue weighted by Crippen LogP contribution is -2.43. The zero-order valence-electron chi connectivity index (χ0n) is 15.6. The van der Waals surface area contributed by atoms with Gasteiger partial charge in [-0.2, -0.15) is 0 Å². The van der Waals surface area contributed by atoms with Crippen molar-refractivity contribution in [1.82, 2.24) is 14.8 Å². The molecule has 1 saturated carbocycles. The van der Waals surface area contributed by atoms with Crippen LogP contribution in [0.15, 0.2) is 24.5 Å². The molecule has 0 radical (unpaired) electrons. The Hall–Kier alpha value is -2.57. The molecule has 0 atom stereocenters. The van der Waals surface area contributed by atoms with E-state index in [-0.39, 0.29) is 12.7 Å². The largest absolute Gasteiger partial charge is 0.436 e. The molecule has 0 N–H and O–H groups in total. The average Bonchev–Trinajstić information content (AvgIpc) is 2.99. The van der Waals surface area contributed by atoms with Crippen molar-refractivity contribution in [2.75, 3.05) is 32.8 Å². The number of carbonyl (C=O) groups excluding carboxylic acids is 1. The minimum Gasteiger partial charge on any atom is -0.436 e. The highest BCUT2D eigenvalue weighted by atomic mass is 16.6. The fourth-order valence-corrected chi connectivity index (χ4v) is 4.25. The second-order valence-corrected chi connectivity index (χ2v) is 7.25. The molecule has 2 heterocycles. The summed E-state index contributed by atoms with van der Waals surface area (Å²) in [6.45, 7) is 11.0. The minimum atomic E-state index is -0.406. The first-order valence-corrected chi connectivity index (χ1v) is 9.57. The molecule has 27 heavy (non-hydrogen) atoms. The molecule has 0 bridgehead atoms. The number of pyridine rings is 1. The van der Waals surface area contributed by atoms with Crippen LogP contribution in [0.2, 0.25) is 0 Å². The van der Waals surface area contributed by atoms with Crippen LogP contribution in [0, 0.1) is 18.9 Å². The van der Waals surface area contributed by atoms with E-state index in [0.717, 1.165) is 50.8 Å². The van der Waals surface area contributed by atoms with E-state index in [4.69, 9.17) is 17.7 Å². The van der Waals surface area contributed by atoms with Gasteiger partial charge in [0.05, 0.1) is 0 Å². The molecule has 1 aromatic heterocycles. The summed E-state index contributed by atoms with van der Waals surface area (Å²) in [6, 6.07) is 4.43. The van der Waals surface area contributed by atoms with Crippen LogP contribution >= 0.6 is 0 Å². The third-order valence-corrected chi connectivity index (χ3v) is 5.80.